The van der Waals surface area contributed by atoms with E-state index < -0.39 is 5.60 Å². The van der Waals surface area contributed by atoms with Gasteiger partial charge in [-0.3, -0.25) is 0 Å². The molecule has 1 unspecified atom stereocenters. The van der Waals surface area contributed by atoms with Crippen molar-refractivity contribution < 1.29 is 18.7 Å². The Morgan fingerprint density at radius 1 is 1.33 bits per heavy atom. The lowest BCUT2D eigenvalue weighted by atomic mass is 10.2. The topological polar surface area (TPSA) is 80.9 Å². The van der Waals surface area contributed by atoms with Gasteiger partial charge < -0.3 is 23.7 Å². The van der Waals surface area contributed by atoms with Gasteiger partial charge in [-0.05, 0) is 33.8 Å². The van der Waals surface area contributed by atoms with Gasteiger partial charge >= 0.3 is 6.09 Å². The van der Waals surface area contributed by atoms with Gasteiger partial charge in [0.2, 0.25) is 0 Å². The molecule has 0 radical (unpaired) electrons. The van der Waals surface area contributed by atoms with Gasteiger partial charge in [0.25, 0.3) is 11.2 Å². The molecule has 1 fully saturated rings. The molecule has 160 valence electrons. The number of fused-ring (bicyclic) bond motifs is 1. The molecule has 8 nitrogen and oxygen atoms in total. The predicted octanol–water partition coefficient (Wildman–Crippen LogP) is 5.18. The summed E-state index contributed by atoms with van der Waals surface area (Å²) in [6, 6.07) is 3.88. The second-order valence-electron chi connectivity index (χ2n) is 8.12. The van der Waals surface area contributed by atoms with Crippen molar-refractivity contribution in [2.75, 3.05) is 24.5 Å². The number of carbonyl (C=O) groups excluding carboxylic acids is 1. The Labute approximate surface area is 183 Å². The molecule has 1 amide bonds. The maximum absolute atomic E-state index is 12.4. The van der Waals surface area contributed by atoms with Crippen LogP contribution in [0.3, 0.4) is 0 Å². The van der Waals surface area contributed by atoms with Crippen LogP contribution in [0.2, 0.25) is 5.02 Å². The van der Waals surface area contributed by atoms with E-state index in [0.29, 0.717) is 52.7 Å². The maximum atomic E-state index is 12.4. The Kier molecular flexibility index (Phi) is 5.50. The van der Waals surface area contributed by atoms with Gasteiger partial charge in [0, 0.05) is 48.3 Å². The van der Waals surface area contributed by atoms with Crippen molar-refractivity contribution in [1.82, 2.24) is 14.9 Å². The summed E-state index contributed by atoms with van der Waals surface area (Å²) >= 11 is 7.62. The summed E-state index contributed by atoms with van der Waals surface area (Å²) in [7, 11) is 0. The molecule has 1 aliphatic rings. The number of hydrogen-bond acceptors (Lipinski definition) is 8. The lowest BCUT2D eigenvalue weighted by Gasteiger charge is -2.39. The molecule has 0 saturated carbocycles. The number of thiazole rings is 1. The minimum absolute atomic E-state index is 0.00173. The summed E-state index contributed by atoms with van der Waals surface area (Å²) in [6.45, 7) is 9.20. The van der Waals surface area contributed by atoms with Crippen molar-refractivity contribution in [3.63, 3.8) is 0 Å². The fraction of sp³-hybridized carbons (Fsp3) is 0.450. The van der Waals surface area contributed by atoms with Crippen molar-refractivity contribution in [3.05, 3.63) is 28.7 Å². The highest BCUT2D eigenvalue weighted by atomic mass is 35.5. The van der Waals surface area contributed by atoms with E-state index >= 15 is 0 Å². The molecule has 4 rings (SSSR count). The smallest absolute Gasteiger partial charge is 0.410 e. The van der Waals surface area contributed by atoms with E-state index in [4.69, 9.17) is 25.5 Å². The Balaban J connectivity index is 1.54. The molecule has 1 aromatic carbocycles. The zero-order chi connectivity index (χ0) is 21.5. The van der Waals surface area contributed by atoms with E-state index in [2.05, 4.69) is 9.97 Å². The molecule has 0 bridgehead atoms. The van der Waals surface area contributed by atoms with Gasteiger partial charge in [0.1, 0.15) is 11.1 Å². The van der Waals surface area contributed by atoms with Crippen molar-refractivity contribution in [2.24, 2.45) is 0 Å². The summed E-state index contributed by atoms with van der Waals surface area (Å²) in [5, 5.41) is 2.82. The van der Waals surface area contributed by atoms with E-state index in [1.165, 1.54) is 11.3 Å². The van der Waals surface area contributed by atoms with E-state index in [9.17, 15) is 4.79 Å². The van der Waals surface area contributed by atoms with Gasteiger partial charge in [-0.1, -0.05) is 22.9 Å². The van der Waals surface area contributed by atoms with Crippen molar-refractivity contribution in [1.29, 1.82) is 0 Å². The van der Waals surface area contributed by atoms with Crippen LogP contribution >= 0.6 is 22.9 Å². The zero-order valence-electron chi connectivity index (χ0n) is 17.2. The number of piperazine rings is 1. The van der Waals surface area contributed by atoms with E-state index in [1.54, 1.807) is 23.2 Å². The minimum atomic E-state index is -0.523. The molecule has 3 heterocycles. The minimum Gasteiger partial charge on any atom is -0.444 e. The number of nitrogens with zero attached hydrogens (tertiary/aromatic N) is 4. The molecule has 30 heavy (non-hydrogen) atoms. The average molecular weight is 451 g/mol. The quantitative estimate of drug-likeness (QED) is 0.544. The summed E-state index contributed by atoms with van der Waals surface area (Å²) in [4.78, 5) is 24.9. The highest BCUT2D eigenvalue weighted by Gasteiger charge is 2.32. The fourth-order valence-corrected chi connectivity index (χ4v) is 3.95. The third-order valence-corrected chi connectivity index (χ3v) is 5.41. The van der Waals surface area contributed by atoms with Gasteiger partial charge in [0.15, 0.2) is 11.3 Å². The summed E-state index contributed by atoms with van der Waals surface area (Å²) in [5.74, 6) is 0.464. The van der Waals surface area contributed by atoms with Gasteiger partial charge in [-0.15, -0.1) is 0 Å². The highest BCUT2D eigenvalue weighted by Crippen LogP contribution is 2.37. The number of amides is 1. The molecular weight excluding hydrogens is 428 g/mol. The molecule has 3 aromatic rings. The average Bonchev–Trinajstić information content (AvgIpc) is 3.29. The number of aromatic nitrogens is 2. The van der Waals surface area contributed by atoms with E-state index in [0.717, 1.165) is 0 Å². The Bertz CT molecular complexity index is 1050. The first kappa shape index (κ1) is 20.7. The number of halogens is 1. The maximum Gasteiger partial charge on any atom is 0.410 e. The number of ether oxygens (including phenoxy) is 2. The summed E-state index contributed by atoms with van der Waals surface area (Å²) < 4.78 is 17.4. The third kappa shape index (κ3) is 4.46. The lowest BCUT2D eigenvalue weighted by Crippen LogP contribution is -2.54. The lowest BCUT2D eigenvalue weighted by molar-refractivity contribution is 0.0216. The fourth-order valence-electron chi connectivity index (χ4n) is 3.25. The monoisotopic (exact) mass is 450 g/mol. The van der Waals surface area contributed by atoms with Crippen LogP contribution in [0.15, 0.2) is 28.1 Å². The Morgan fingerprint density at radius 2 is 2.13 bits per heavy atom. The number of hydrogen-bond donors (Lipinski definition) is 0. The highest BCUT2D eigenvalue weighted by molar-refractivity contribution is 7.11. The third-order valence-electron chi connectivity index (χ3n) is 4.54. The van der Waals surface area contributed by atoms with Crippen LogP contribution < -0.4 is 9.64 Å². The number of rotatable bonds is 3. The number of oxazole rings is 1. The van der Waals surface area contributed by atoms with Gasteiger partial charge in [0.05, 0.1) is 0 Å². The van der Waals surface area contributed by atoms with Crippen LogP contribution in [0.5, 0.6) is 10.9 Å². The molecule has 1 aliphatic heterocycles. The predicted molar refractivity (Wildman–Crippen MR) is 116 cm³/mol. The van der Waals surface area contributed by atoms with Crippen LogP contribution in [0.25, 0.3) is 11.1 Å². The van der Waals surface area contributed by atoms with Crippen LogP contribution in [0.1, 0.15) is 27.7 Å². The van der Waals surface area contributed by atoms with Crippen LogP contribution in [-0.2, 0) is 4.74 Å². The SMILES string of the molecule is CC1CN(C(=O)OC(C)(C)C)CCN1c1nc2cc(Cl)cc(Oc3nccs3)c2o1. The zero-order valence-corrected chi connectivity index (χ0v) is 18.8. The summed E-state index contributed by atoms with van der Waals surface area (Å²) in [6.07, 6.45) is 1.36. The first-order valence-electron chi connectivity index (χ1n) is 9.61. The number of anilines is 1. The molecule has 0 spiro atoms. The standard InChI is InChI=1S/C20H23ClN4O4S/c1-12-11-24(19(26)29-20(2,3)4)6-7-25(12)17-23-14-9-13(21)10-15(16(14)28-17)27-18-22-5-8-30-18/h5,8-10,12H,6-7,11H2,1-4H3. The van der Waals surface area contributed by atoms with Gasteiger partial charge in [-0.2, -0.15) is 4.98 Å². The van der Waals surface area contributed by atoms with Crippen LogP contribution in [0, 0.1) is 0 Å². The first-order valence-corrected chi connectivity index (χ1v) is 10.9. The second kappa shape index (κ2) is 7.96. The number of benzene rings is 1. The first-order chi connectivity index (χ1) is 14.2. The van der Waals surface area contributed by atoms with Crippen LogP contribution in [0.4, 0.5) is 10.8 Å². The Hall–Kier alpha value is -2.52. The van der Waals surface area contributed by atoms with Crippen molar-refractivity contribution in [2.45, 2.75) is 39.3 Å². The Morgan fingerprint density at radius 3 is 2.80 bits per heavy atom. The van der Waals surface area contributed by atoms with E-state index in [-0.39, 0.29) is 12.1 Å². The molecule has 0 N–H and O–H groups in total. The summed E-state index contributed by atoms with van der Waals surface area (Å²) in [5.41, 5.74) is 0.586. The molecule has 1 saturated heterocycles. The number of carbonyl (C=O) groups is 1. The van der Waals surface area contributed by atoms with Crippen molar-refractivity contribution >= 4 is 46.1 Å². The largest absolute Gasteiger partial charge is 0.444 e. The second-order valence-corrected chi connectivity index (χ2v) is 9.41. The van der Waals surface area contributed by atoms with Gasteiger partial charge in [-0.25, -0.2) is 9.78 Å². The molecule has 0 aliphatic carbocycles. The molecule has 2 aromatic heterocycles. The van der Waals surface area contributed by atoms with Crippen LogP contribution in [-0.4, -0.2) is 52.2 Å². The molecular formula is C20H23ClN4O4S. The van der Waals surface area contributed by atoms with Crippen molar-refractivity contribution in [3.8, 4) is 10.9 Å². The molecule has 10 heteroatoms. The van der Waals surface area contributed by atoms with E-state index in [1.807, 2.05) is 38.0 Å². The molecule has 1 atom stereocenters. The normalized spacial score (nSPS) is 17.4.